The molecule has 2 rings (SSSR count). The van der Waals surface area contributed by atoms with Crippen LogP contribution in [-0.2, 0) is 0 Å². The highest BCUT2D eigenvalue weighted by molar-refractivity contribution is 5.98. The van der Waals surface area contributed by atoms with E-state index in [2.05, 4.69) is 4.99 Å². The Morgan fingerprint density at radius 2 is 2.21 bits per heavy atom. The predicted octanol–water partition coefficient (Wildman–Crippen LogP) is 2.16. The highest BCUT2D eigenvalue weighted by Gasteiger charge is 2.05. The third kappa shape index (κ3) is 1.48. The lowest BCUT2D eigenvalue weighted by Crippen LogP contribution is -2.12. The van der Waals surface area contributed by atoms with Crippen LogP contribution in [0.15, 0.2) is 39.7 Å². The van der Waals surface area contributed by atoms with Gasteiger partial charge in [0.25, 0.3) is 0 Å². The standard InChI is InChI=1S/C11H12N2O/c1-2-13-11(12)10-7-8-5-3-4-6-9(8)14-10/h3-7H,2H2,1H3,(H2,12,13). The van der Waals surface area contributed by atoms with Crippen LogP contribution < -0.4 is 5.73 Å². The van der Waals surface area contributed by atoms with E-state index in [1.807, 2.05) is 37.3 Å². The molecule has 0 aliphatic heterocycles. The highest BCUT2D eigenvalue weighted by atomic mass is 16.3. The molecule has 0 spiro atoms. The molecule has 0 unspecified atom stereocenters. The summed E-state index contributed by atoms with van der Waals surface area (Å²) in [5, 5.41) is 1.05. The molecule has 0 atom stereocenters. The first-order valence-corrected chi connectivity index (χ1v) is 4.60. The second-order valence-electron chi connectivity index (χ2n) is 3.01. The number of furan rings is 1. The molecule has 2 aromatic rings. The Bertz CT molecular complexity index is 438. The van der Waals surface area contributed by atoms with Gasteiger partial charge in [0.2, 0.25) is 0 Å². The van der Waals surface area contributed by atoms with Gasteiger partial charge in [-0.15, -0.1) is 0 Å². The average Bonchev–Trinajstić information content (AvgIpc) is 2.61. The van der Waals surface area contributed by atoms with Crippen molar-refractivity contribution >= 4 is 16.8 Å². The molecule has 0 radical (unpaired) electrons. The second kappa shape index (κ2) is 3.54. The lowest BCUT2D eigenvalue weighted by Gasteiger charge is -1.92. The van der Waals surface area contributed by atoms with E-state index in [0.717, 1.165) is 11.0 Å². The Kier molecular flexibility index (Phi) is 2.23. The average molecular weight is 188 g/mol. The van der Waals surface area contributed by atoms with E-state index < -0.39 is 0 Å². The number of hydrogen-bond donors (Lipinski definition) is 1. The van der Waals surface area contributed by atoms with Crippen LogP contribution in [0.4, 0.5) is 0 Å². The van der Waals surface area contributed by atoms with E-state index in [-0.39, 0.29) is 0 Å². The Hall–Kier alpha value is -1.77. The van der Waals surface area contributed by atoms with Crippen molar-refractivity contribution in [3.05, 3.63) is 36.1 Å². The van der Waals surface area contributed by atoms with E-state index in [9.17, 15) is 0 Å². The number of amidine groups is 1. The van der Waals surface area contributed by atoms with Crippen molar-refractivity contribution in [2.45, 2.75) is 6.92 Å². The summed E-state index contributed by atoms with van der Waals surface area (Å²) in [7, 11) is 0. The summed E-state index contributed by atoms with van der Waals surface area (Å²) in [5.74, 6) is 1.11. The molecule has 0 aliphatic carbocycles. The molecule has 14 heavy (non-hydrogen) atoms. The van der Waals surface area contributed by atoms with Crippen LogP contribution in [0.2, 0.25) is 0 Å². The lowest BCUT2D eigenvalue weighted by atomic mass is 10.2. The van der Waals surface area contributed by atoms with Gasteiger partial charge in [-0.3, -0.25) is 4.99 Å². The number of aliphatic imine (C=N–C) groups is 1. The summed E-state index contributed by atoms with van der Waals surface area (Å²) < 4.78 is 5.53. The van der Waals surface area contributed by atoms with E-state index in [4.69, 9.17) is 10.2 Å². The smallest absolute Gasteiger partial charge is 0.169 e. The quantitative estimate of drug-likeness (QED) is 0.580. The fraction of sp³-hybridized carbons (Fsp3) is 0.182. The van der Waals surface area contributed by atoms with Crippen LogP contribution in [-0.4, -0.2) is 12.4 Å². The van der Waals surface area contributed by atoms with E-state index in [1.165, 1.54) is 0 Å². The maximum atomic E-state index is 5.73. The number of benzene rings is 1. The van der Waals surface area contributed by atoms with Gasteiger partial charge in [-0.05, 0) is 19.1 Å². The van der Waals surface area contributed by atoms with Gasteiger partial charge >= 0.3 is 0 Å². The molecule has 72 valence electrons. The minimum absolute atomic E-state index is 0.462. The van der Waals surface area contributed by atoms with Gasteiger partial charge in [0.05, 0.1) is 0 Å². The molecular weight excluding hydrogens is 176 g/mol. The van der Waals surface area contributed by atoms with Crippen molar-refractivity contribution < 1.29 is 4.42 Å². The van der Waals surface area contributed by atoms with Crippen molar-refractivity contribution in [2.75, 3.05) is 6.54 Å². The van der Waals surface area contributed by atoms with Gasteiger partial charge < -0.3 is 10.2 Å². The SMILES string of the molecule is CCN=C(N)c1cc2ccccc2o1. The second-order valence-corrected chi connectivity index (χ2v) is 3.01. The van der Waals surface area contributed by atoms with Gasteiger partial charge in [-0.1, -0.05) is 18.2 Å². The zero-order chi connectivity index (χ0) is 9.97. The first kappa shape index (κ1) is 8.81. The third-order valence-electron chi connectivity index (χ3n) is 2.01. The minimum atomic E-state index is 0.462. The first-order valence-electron chi connectivity index (χ1n) is 4.60. The van der Waals surface area contributed by atoms with Crippen LogP contribution in [0.3, 0.4) is 0 Å². The number of fused-ring (bicyclic) bond motifs is 1. The molecular formula is C11H12N2O. The van der Waals surface area contributed by atoms with Gasteiger partial charge in [0.1, 0.15) is 5.58 Å². The van der Waals surface area contributed by atoms with Crippen LogP contribution in [0.25, 0.3) is 11.0 Å². The predicted molar refractivity (Wildman–Crippen MR) is 57.5 cm³/mol. The molecule has 0 amide bonds. The summed E-state index contributed by atoms with van der Waals surface area (Å²) in [6.45, 7) is 2.61. The third-order valence-corrected chi connectivity index (χ3v) is 2.01. The van der Waals surface area contributed by atoms with Gasteiger partial charge in [0, 0.05) is 11.9 Å². The monoisotopic (exact) mass is 188 g/mol. The number of nitrogens with zero attached hydrogens (tertiary/aromatic N) is 1. The Balaban J connectivity index is 2.50. The molecule has 0 bridgehead atoms. The highest BCUT2D eigenvalue weighted by Crippen LogP contribution is 2.18. The van der Waals surface area contributed by atoms with Crippen molar-refractivity contribution in [1.82, 2.24) is 0 Å². The summed E-state index contributed by atoms with van der Waals surface area (Å²) in [6.07, 6.45) is 0. The number of hydrogen-bond acceptors (Lipinski definition) is 2. The van der Waals surface area contributed by atoms with Crippen molar-refractivity contribution in [3.8, 4) is 0 Å². The van der Waals surface area contributed by atoms with Crippen LogP contribution in [0, 0.1) is 0 Å². The molecule has 1 aromatic heterocycles. The molecule has 0 saturated carbocycles. The molecule has 1 aromatic carbocycles. The van der Waals surface area contributed by atoms with Gasteiger partial charge in [-0.2, -0.15) is 0 Å². The summed E-state index contributed by atoms with van der Waals surface area (Å²) in [4.78, 5) is 4.09. The maximum Gasteiger partial charge on any atom is 0.169 e. The van der Waals surface area contributed by atoms with E-state index in [0.29, 0.717) is 18.1 Å². The van der Waals surface area contributed by atoms with E-state index in [1.54, 1.807) is 0 Å². The van der Waals surface area contributed by atoms with Crippen molar-refractivity contribution in [2.24, 2.45) is 10.7 Å². The van der Waals surface area contributed by atoms with Crippen molar-refractivity contribution in [3.63, 3.8) is 0 Å². The molecule has 0 fully saturated rings. The number of para-hydroxylation sites is 1. The molecule has 0 saturated heterocycles. The van der Waals surface area contributed by atoms with E-state index >= 15 is 0 Å². The summed E-state index contributed by atoms with van der Waals surface area (Å²) >= 11 is 0. The van der Waals surface area contributed by atoms with Crippen molar-refractivity contribution in [1.29, 1.82) is 0 Å². The molecule has 1 heterocycles. The normalized spacial score (nSPS) is 12.2. The van der Waals surface area contributed by atoms with Crippen LogP contribution >= 0.6 is 0 Å². The van der Waals surface area contributed by atoms with Gasteiger partial charge in [0.15, 0.2) is 11.6 Å². The maximum absolute atomic E-state index is 5.73. The molecule has 3 heteroatoms. The van der Waals surface area contributed by atoms with Gasteiger partial charge in [-0.25, -0.2) is 0 Å². The number of rotatable bonds is 2. The Labute approximate surface area is 82.2 Å². The largest absolute Gasteiger partial charge is 0.453 e. The summed E-state index contributed by atoms with van der Waals surface area (Å²) in [6, 6.07) is 9.71. The fourth-order valence-corrected chi connectivity index (χ4v) is 1.36. The minimum Gasteiger partial charge on any atom is -0.453 e. The molecule has 3 nitrogen and oxygen atoms in total. The number of nitrogens with two attached hydrogens (primary N) is 1. The zero-order valence-electron chi connectivity index (χ0n) is 8.03. The first-order chi connectivity index (χ1) is 6.81. The van der Waals surface area contributed by atoms with Crippen LogP contribution in [0.1, 0.15) is 12.7 Å². The Morgan fingerprint density at radius 1 is 1.43 bits per heavy atom. The lowest BCUT2D eigenvalue weighted by molar-refractivity contribution is 0.603. The Morgan fingerprint density at radius 3 is 2.93 bits per heavy atom. The topological polar surface area (TPSA) is 51.5 Å². The van der Waals surface area contributed by atoms with Crippen LogP contribution in [0.5, 0.6) is 0 Å². The molecule has 2 N–H and O–H groups in total. The zero-order valence-corrected chi connectivity index (χ0v) is 8.03. The molecule has 0 aliphatic rings. The summed E-state index contributed by atoms with van der Waals surface area (Å²) in [5.41, 5.74) is 6.57. The fourth-order valence-electron chi connectivity index (χ4n) is 1.36.